The second-order valence-corrected chi connectivity index (χ2v) is 5.15. The molecule has 1 aliphatic rings. The third-order valence-corrected chi connectivity index (χ3v) is 3.82. The lowest BCUT2D eigenvalue weighted by molar-refractivity contribution is 0.0692. The van der Waals surface area contributed by atoms with Crippen molar-refractivity contribution in [1.29, 1.82) is 0 Å². The maximum Gasteiger partial charge on any atom is 0.415 e. The minimum atomic E-state index is -1.29. The van der Waals surface area contributed by atoms with Gasteiger partial charge in [-0.15, -0.1) is 0 Å². The Balaban J connectivity index is 2.70. The molecule has 0 saturated carbocycles. The number of carboxylic acid groups (broad SMARTS) is 2. The molecule has 1 heterocycles. The summed E-state index contributed by atoms with van der Waals surface area (Å²) < 4.78 is 0.835. The van der Waals surface area contributed by atoms with Crippen molar-refractivity contribution in [3.8, 4) is 0 Å². The average molecular weight is 316 g/mol. The molecular weight excluding hydrogens is 306 g/mol. The zero-order chi connectivity index (χ0) is 13.4. The second-order valence-electron chi connectivity index (χ2n) is 4.05. The summed E-state index contributed by atoms with van der Waals surface area (Å²) in [6, 6.07) is 0. The van der Waals surface area contributed by atoms with E-state index in [1.165, 1.54) is 0 Å². The normalized spacial score (nSPS) is 19.2. The number of ketones is 1. The van der Waals surface area contributed by atoms with Crippen molar-refractivity contribution in [2.75, 3.05) is 0 Å². The van der Waals surface area contributed by atoms with Crippen LogP contribution in [0.4, 0.5) is 4.79 Å². The minimum absolute atomic E-state index is 0.0178. The molecule has 6 nitrogen and oxygen atoms in total. The SMILES string of the molecule is O=C(O)c1cn(C(=O)O)c2c1C(=O)C(Br)CCC2. The molecule has 2 rings (SSSR count). The van der Waals surface area contributed by atoms with Crippen LogP contribution < -0.4 is 0 Å². The van der Waals surface area contributed by atoms with Gasteiger partial charge in [-0.1, -0.05) is 15.9 Å². The number of carbonyl (C=O) groups is 3. The number of hydrogen-bond donors (Lipinski definition) is 2. The number of carbonyl (C=O) groups excluding carboxylic acids is 1. The zero-order valence-corrected chi connectivity index (χ0v) is 10.8. The van der Waals surface area contributed by atoms with E-state index >= 15 is 0 Å². The fraction of sp³-hybridized carbons (Fsp3) is 0.364. The van der Waals surface area contributed by atoms with Crippen molar-refractivity contribution in [3.63, 3.8) is 0 Å². The number of carboxylic acids is 1. The number of fused-ring (bicyclic) bond motifs is 1. The summed E-state index contributed by atoms with van der Waals surface area (Å²) in [6.45, 7) is 0. The molecule has 0 aromatic carbocycles. The number of alkyl halides is 1. The molecule has 0 aliphatic heterocycles. The molecule has 0 bridgehead atoms. The number of aromatic carboxylic acids is 1. The van der Waals surface area contributed by atoms with Gasteiger partial charge in [0.1, 0.15) is 0 Å². The summed E-state index contributed by atoms with van der Waals surface area (Å²) in [4.78, 5) is 33.8. The summed E-state index contributed by atoms with van der Waals surface area (Å²) in [7, 11) is 0. The van der Waals surface area contributed by atoms with Gasteiger partial charge >= 0.3 is 12.1 Å². The summed E-state index contributed by atoms with van der Waals surface area (Å²) in [5, 5.41) is 18.1. The van der Waals surface area contributed by atoms with E-state index in [0.29, 0.717) is 19.3 Å². The lowest BCUT2D eigenvalue weighted by Gasteiger charge is -2.04. The third kappa shape index (κ3) is 1.94. The monoisotopic (exact) mass is 315 g/mol. The van der Waals surface area contributed by atoms with Gasteiger partial charge in [-0.2, -0.15) is 0 Å². The highest BCUT2D eigenvalue weighted by molar-refractivity contribution is 9.10. The molecule has 0 spiro atoms. The standard InChI is InChI=1S/C11H10BrNO5/c12-6-2-1-3-7-8(9(6)14)5(10(15)16)4-13(7)11(17)18/h4,6H,1-3H2,(H,15,16)(H,17,18). The molecule has 0 radical (unpaired) electrons. The first-order valence-corrected chi connectivity index (χ1v) is 6.24. The fourth-order valence-electron chi connectivity index (χ4n) is 2.14. The summed E-state index contributed by atoms with van der Waals surface area (Å²) in [5.74, 6) is -1.65. The topological polar surface area (TPSA) is 96.6 Å². The molecule has 2 N–H and O–H groups in total. The zero-order valence-electron chi connectivity index (χ0n) is 9.22. The van der Waals surface area contributed by atoms with Gasteiger partial charge in [0, 0.05) is 11.9 Å². The molecule has 0 amide bonds. The van der Waals surface area contributed by atoms with Crippen molar-refractivity contribution >= 4 is 33.8 Å². The van der Waals surface area contributed by atoms with Crippen molar-refractivity contribution in [3.05, 3.63) is 23.0 Å². The van der Waals surface area contributed by atoms with Crippen molar-refractivity contribution < 1.29 is 24.6 Å². The Morgan fingerprint density at radius 3 is 2.61 bits per heavy atom. The average Bonchev–Trinajstić information content (AvgIpc) is 2.61. The highest BCUT2D eigenvalue weighted by Crippen LogP contribution is 2.29. The Bertz CT molecular complexity index is 548. The van der Waals surface area contributed by atoms with E-state index in [-0.39, 0.29) is 22.6 Å². The summed E-state index contributed by atoms with van der Waals surface area (Å²) >= 11 is 3.20. The Morgan fingerprint density at radius 2 is 2.06 bits per heavy atom. The first-order valence-electron chi connectivity index (χ1n) is 5.32. The predicted octanol–water partition coefficient (Wildman–Crippen LogP) is 1.99. The fourth-order valence-corrected chi connectivity index (χ4v) is 2.69. The molecule has 18 heavy (non-hydrogen) atoms. The predicted molar refractivity (Wildman–Crippen MR) is 64.8 cm³/mol. The van der Waals surface area contributed by atoms with Gasteiger partial charge in [-0.3, -0.25) is 9.36 Å². The third-order valence-electron chi connectivity index (χ3n) is 2.95. The van der Waals surface area contributed by atoms with E-state index in [1.54, 1.807) is 0 Å². The highest BCUT2D eigenvalue weighted by atomic mass is 79.9. The number of nitrogens with zero attached hydrogens (tertiary/aromatic N) is 1. The van der Waals surface area contributed by atoms with Gasteiger partial charge < -0.3 is 10.2 Å². The smallest absolute Gasteiger partial charge is 0.415 e. The Kier molecular flexibility index (Phi) is 3.25. The van der Waals surface area contributed by atoms with Gasteiger partial charge in [0.2, 0.25) is 0 Å². The number of hydrogen-bond acceptors (Lipinski definition) is 3. The molecule has 1 aromatic rings. The maximum absolute atomic E-state index is 12.1. The van der Waals surface area contributed by atoms with Crippen LogP contribution in [0.2, 0.25) is 0 Å². The number of aromatic nitrogens is 1. The van der Waals surface area contributed by atoms with Crippen LogP contribution in [0.5, 0.6) is 0 Å². The van der Waals surface area contributed by atoms with E-state index < -0.39 is 16.9 Å². The molecule has 0 saturated heterocycles. The van der Waals surface area contributed by atoms with Crippen LogP contribution in [0, 0.1) is 0 Å². The quantitative estimate of drug-likeness (QED) is 0.610. The number of halogens is 1. The van der Waals surface area contributed by atoms with Crippen LogP contribution in [0.25, 0.3) is 0 Å². The van der Waals surface area contributed by atoms with Crippen LogP contribution in [-0.2, 0) is 6.42 Å². The second kappa shape index (κ2) is 4.56. The van der Waals surface area contributed by atoms with E-state index in [0.717, 1.165) is 10.8 Å². The van der Waals surface area contributed by atoms with Crippen molar-refractivity contribution in [2.45, 2.75) is 24.1 Å². The van der Waals surface area contributed by atoms with Crippen LogP contribution in [0.15, 0.2) is 6.20 Å². The Morgan fingerprint density at radius 1 is 1.39 bits per heavy atom. The number of rotatable bonds is 1. The Labute approximate surface area is 110 Å². The number of Topliss-reactive ketones (excluding diaryl/α,β-unsaturated/α-hetero) is 1. The first-order chi connectivity index (χ1) is 8.43. The maximum atomic E-state index is 12.1. The molecule has 1 aromatic heterocycles. The van der Waals surface area contributed by atoms with Gasteiger partial charge in [-0.25, -0.2) is 9.59 Å². The lowest BCUT2D eigenvalue weighted by Crippen LogP contribution is -2.16. The van der Waals surface area contributed by atoms with Crippen molar-refractivity contribution in [2.24, 2.45) is 0 Å². The van der Waals surface area contributed by atoms with Crippen LogP contribution >= 0.6 is 15.9 Å². The van der Waals surface area contributed by atoms with Crippen LogP contribution in [0.3, 0.4) is 0 Å². The largest absolute Gasteiger partial charge is 0.478 e. The van der Waals surface area contributed by atoms with Gasteiger partial charge in [-0.05, 0) is 19.3 Å². The van der Waals surface area contributed by atoms with E-state index in [9.17, 15) is 14.4 Å². The van der Waals surface area contributed by atoms with Gasteiger partial charge in [0.15, 0.2) is 5.78 Å². The lowest BCUT2D eigenvalue weighted by atomic mass is 10.1. The first kappa shape index (κ1) is 12.8. The van der Waals surface area contributed by atoms with Crippen molar-refractivity contribution in [1.82, 2.24) is 4.57 Å². The van der Waals surface area contributed by atoms with Crippen LogP contribution in [-0.4, -0.2) is 37.5 Å². The van der Waals surface area contributed by atoms with Crippen LogP contribution in [0.1, 0.15) is 39.3 Å². The molecule has 1 atom stereocenters. The molecular formula is C11H10BrNO5. The van der Waals surface area contributed by atoms with E-state index in [2.05, 4.69) is 15.9 Å². The molecule has 1 aliphatic carbocycles. The van der Waals surface area contributed by atoms with Gasteiger partial charge in [0.25, 0.3) is 0 Å². The molecule has 0 fully saturated rings. The van der Waals surface area contributed by atoms with E-state index in [1.807, 2.05) is 0 Å². The molecule has 96 valence electrons. The summed E-state index contributed by atoms with van der Waals surface area (Å²) in [6.07, 6.45) is 1.29. The summed E-state index contributed by atoms with van der Waals surface area (Å²) in [5.41, 5.74) is 0.0416. The molecule has 7 heteroatoms. The minimum Gasteiger partial charge on any atom is -0.478 e. The van der Waals surface area contributed by atoms with E-state index in [4.69, 9.17) is 10.2 Å². The molecule has 1 unspecified atom stereocenters. The van der Waals surface area contributed by atoms with Gasteiger partial charge in [0.05, 0.1) is 16.0 Å². The highest BCUT2D eigenvalue weighted by Gasteiger charge is 2.32. The Hall–Kier alpha value is -1.63.